The summed E-state index contributed by atoms with van der Waals surface area (Å²) < 4.78 is 7.38. The summed E-state index contributed by atoms with van der Waals surface area (Å²) in [6, 6.07) is 13.1. The third kappa shape index (κ3) is 3.93. The van der Waals surface area contributed by atoms with Crippen molar-refractivity contribution in [3.05, 3.63) is 48.7 Å². The van der Waals surface area contributed by atoms with Crippen molar-refractivity contribution in [2.45, 2.75) is 37.2 Å². The van der Waals surface area contributed by atoms with E-state index in [1.165, 1.54) is 11.8 Å². The molecular weight excluding hydrogens is 336 g/mol. The number of carbonyl (C=O) groups excluding carboxylic acids is 1. The number of hydrogen-bond acceptors (Lipinski definition) is 5. The molecule has 1 aromatic carbocycles. The molecule has 1 amide bonds. The highest BCUT2D eigenvalue weighted by Crippen LogP contribution is 2.29. The quantitative estimate of drug-likeness (QED) is 0.646. The molecule has 0 aliphatic rings. The van der Waals surface area contributed by atoms with E-state index in [9.17, 15) is 4.79 Å². The van der Waals surface area contributed by atoms with E-state index < -0.39 is 0 Å². The molecule has 1 unspecified atom stereocenters. The van der Waals surface area contributed by atoms with Gasteiger partial charge in [0.2, 0.25) is 5.91 Å². The SMILES string of the molecule is CCC(Sc1nnc(-c2ccco2)n1CC)C(=O)Nc1ccccc1. The molecule has 25 heavy (non-hydrogen) atoms. The first-order valence-corrected chi connectivity index (χ1v) is 9.10. The molecule has 0 fully saturated rings. The van der Waals surface area contributed by atoms with Gasteiger partial charge in [0.25, 0.3) is 0 Å². The topological polar surface area (TPSA) is 73.0 Å². The van der Waals surface area contributed by atoms with E-state index in [4.69, 9.17) is 4.42 Å². The van der Waals surface area contributed by atoms with Crippen molar-refractivity contribution in [3.63, 3.8) is 0 Å². The smallest absolute Gasteiger partial charge is 0.237 e. The molecule has 0 radical (unpaired) electrons. The fraction of sp³-hybridized carbons (Fsp3) is 0.278. The summed E-state index contributed by atoms with van der Waals surface area (Å²) >= 11 is 1.42. The van der Waals surface area contributed by atoms with Gasteiger partial charge in [0, 0.05) is 12.2 Å². The predicted octanol–water partition coefficient (Wildman–Crippen LogP) is 4.07. The summed E-state index contributed by atoms with van der Waals surface area (Å²) in [7, 11) is 0. The highest BCUT2D eigenvalue weighted by Gasteiger charge is 2.23. The van der Waals surface area contributed by atoms with Crippen LogP contribution in [0.4, 0.5) is 5.69 Å². The first-order valence-electron chi connectivity index (χ1n) is 8.22. The molecule has 2 aromatic heterocycles. The van der Waals surface area contributed by atoms with Gasteiger partial charge in [0.15, 0.2) is 16.7 Å². The number of carbonyl (C=O) groups is 1. The van der Waals surface area contributed by atoms with Crippen molar-refractivity contribution < 1.29 is 9.21 Å². The number of nitrogens with zero attached hydrogens (tertiary/aromatic N) is 3. The van der Waals surface area contributed by atoms with Crippen LogP contribution in [0.2, 0.25) is 0 Å². The van der Waals surface area contributed by atoms with E-state index in [1.54, 1.807) is 6.26 Å². The third-order valence-corrected chi connectivity index (χ3v) is 5.07. The summed E-state index contributed by atoms with van der Waals surface area (Å²) in [5, 5.41) is 11.9. The lowest BCUT2D eigenvalue weighted by atomic mass is 10.3. The van der Waals surface area contributed by atoms with Crippen LogP contribution >= 0.6 is 11.8 Å². The Morgan fingerprint density at radius 3 is 2.64 bits per heavy atom. The van der Waals surface area contributed by atoms with E-state index in [1.807, 2.05) is 60.9 Å². The van der Waals surface area contributed by atoms with Crippen molar-refractivity contribution in [3.8, 4) is 11.6 Å². The third-order valence-electron chi connectivity index (χ3n) is 3.73. The van der Waals surface area contributed by atoms with Gasteiger partial charge in [-0.05, 0) is 37.6 Å². The molecule has 0 aliphatic heterocycles. The van der Waals surface area contributed by atoms with Crippen LogP contribution in [-0.2, 0) is 11.3 Å². The number of aromatic nitrogens is 3. The summed E-state index contributed by atoms with van der Waals surface area (Å²) in [5.41, 5.74) is 0.791. The number of furan rings is 1. The Morgan fingerprint density at radius 2 is 2.00 bits per heavy atom. The fourth-order valence-electron chi connectivity index (χ4n) is 2.44. The second kappa shape index (κ2) is 8.02. The van der Waals surface area contributed by atoms with Crippen molar-refractivity contribution >= 4 is 23.4 Å². The van der Waals surface area contributed by atoms with Crippen molar-refractivity contribution in [2.75, 3.05) is 5.32 Å². The van der Waals surface area contributed by atoms with E-state index in [0.29, 0.717) is 29.7 Å². The number of rotatable bonds is 7. The Balaban J connectivity index is 1.76. The van der Waals surface area contributed by atoms with E-state index in [2.05, 4.69) is 15.5 Å². The molecule has 1 atom stereocenters. The molecule has 6 nitrogen and oxygen atoms in total. The second-order valence-corrected chi connectivity index (χ2v) is 6.57. The molecule has 130 valence electrons. The monoisotopic (exact) mass is 356 g/mol. The van der Waals surface area contributed by atoms with Gasteiger partial charge in [-0.15, -0.1) is 10.2 Å². The summed E-state index contributed by atoms with van der Waals surface area (Å²) in [5.74, 6) is 1.31. The van der Waals surface area contributed by atoms with Gasteiger partial charge in [-0.1, -0.05) is 36.9 Å². The van der Waals surface area contributed by atoms with Crippen LogP contribution < -0.4 is 5.32 Å². The van der Waals surface area contributed by atoms with E-state index in [0.717, 1.165) is 5.69 Å². The molecule has 0 aliphatic carbocycles. The summed E-state index contributed by atoms with van der Waals surface area (Å²) in [6.45, 7) is 4.70. The van der Waals surface area contributed by atoms with Gasteiger partial charge in [-0.2, -0.15) is 0 Å². The number of nitrogens with one attached hydrogen (secondary N) is 1. The lowest BCUT2D eigenvalue weighted by Gasteiger charge is -2.14. The van der Waals surface area contributed by atoms with Crippen LogP contribution in [0.25, 0.3) is 11.6 Å². The first-order chi connectivity index (χ1) is 12.2. The minimum atomic E-state index is -0.251. The normalized spacial score (nSPS) is 12.1. The number of para-hydroxylation sites is 1. The van der Waals surface area contributed by atoms with E-state index in [-0.39, 0.29) is 11.2 Å². The maximum atomic E-state index is 12.6. The van der Waals surface area contributed by atoms with Gasteiger partial charge >= 0.3 is 0 Å². The lowest BCUT2D eigenvalue weighted by Crippen LogP contribution is -2.25. The molecule has 3 aromatic rings. The van der Waals surface area contributed by atoms with E-state index >= 15 is 0 Å². The average Bonchev–Trinajstić information content (AvgIpc) is 3.29. The van der Waals surface area contributed by atoms with Gasteiger partial charge in [-0.3, -0.25) is 9.36 Å². The molecule has 0 spiro atoms. The van der Waals surface area contributed by atoms with Crippen LogP contribution in [0, 0.1) is 0 Å². The molecule has 2 heterocycles. The zero-order chi connectivity index (χ0) is 17.6. The van der Waals surface area contributed by atoms with Crippen LogP contribution in [0.15, 0.2) is 58.3 Å². The Labute approximate surface area is 150 Å². The predicted molar refractivity (Wildman–Crippen MR) is 98.4 cm³/mol. The summed E-state index contributed by atoms with van der Waals surface area (Å²) in [4.78, 5) is 12.6. The van der Waals surface area contributed by atoms with Gasteiger partial charge in [0.05, 0.1) is 11.5 Å². The maximum absolute atomic E-state index is 12.6. The second-order valence-electron chi connectivity index (χ2n) is 5.40. The maximum Gasteiger partial charge on any atom is 0.237 e. The molecule has 3 rings (SSSR count). The molecular formula is C18H20N4O2S. The molecule has 7 heteroatoms. The van der Waals surface area contributed by atoms with Crippen LogP contribution in [0.5, 0.6) is 0 Å². The Bertz CT molecular complexity index is 815. The lowest BCUT2D eigenvalue weighted by molar-refractivity contribution is -0.115. The largest absolute Gasteiger partial charge is 0.461 e. The number of anilines is 1. The highest BCUT2D eigenvalue weighted by molar-refractivity contribution is 8.00. The van der Waals surface area contributed by atoms with Gasteiger partial charge < -0.3 is 9.73 Å². The Morgan fingerprint density at radius 1 is 1.20 bits per heavy atom. The fourth-order valence-corrected chi connectivity index (χ4v) is 3.46. The molecule has 0 saturated carbocycles. The standard InChI is InChI=1S/C18H20N4O2S/c1-3-15(17(23)19-13-9-6-5-7-10-13)25-18-21-20-16(22(18)4-2)14-11-8-12-24-14/h5-12,15H,3-4H2,1-2H3,(H,19,23). The average molecular weight is 356 g/mol. The van der Waals surface area contributed by atoms with Crippen molar-refractivity contribution in [1.82, 2.24) is 14.8 Å². The molecule has 0 saturated heterocycles. The van der Waals surface area contributed by atoms with Crippen LogP contribution in [0.1, 0.15) is 20.3 Å². The highest BCUT2D eigenvalue weighted by atomic mass is 32.2. The van der Waals surface area contributed by atoms with Gasteiger partial charge in [0.1, 0.15) is 0 Å². The number of hydrogen-bond donors (Lipinski definition) is 1. The Hall–Kier alpha value is -2.54. The minimum Gasteiger partial charge on any atom is -0.461 e. The molecule has 1 N–H and O–H groups in total. The van der Waals surface area contributed by atoms with Crippen LogP contribution in [-0.4, -0.2) is 25.9 Å². The number of benzene rings is 1. The van der Waals surface area contributed by atoms with Gasteiger partial charge in [-0.25, -0.2) is 0 Å². The van der Waals surface area contributed by atoms with Crippen molar-refractivity contribution in [2.24, 2.45) is 0 Å². The first kappa shape index (κ1) is 17.3. The molecule has 0 bridgehead atoms. The van der Waals surface area contributed by atoms with Crippen molar-refractivity contribution in [1.29, 1.82) is 0 Å². The minimum absolute atomic E-state index is 0.0381. The Kier molecular flexibility index (Phi) is 5.55. The summed E-state index contributed by atoms with van der Waals surface area (Å²) in [6.07, 6.45) is 2.30. The number of thioether (sulfide) groups is 1. The van der Waals surface area contributed by atoms with Crippen LogP contribution in [0.3, 0.4) is 0 Å². The number of amides is 1. The zero-order valence-electron chi connectivity index (χ0n) is 14.2. The zero-order valence-corrected chi connectivity index (χ0v) is 15.0.